The number of ether oxygens (including phenoxy) is 1. The zero-order valence-corrected chi connectivity index (χ0v) is 10.3. The Morgan fingerprint density at radius 2 is 2.00 bits per heavy atom. The van der Waals surface area contributed by atoms with E-state index in [2.05, 4.69) is 41.3 Å². The van der Waals surface area contributed by atoms with Crippen molar-refractivity contribution in [3.8, 4) is 0 Å². The molecule has 0 heterocycles. The Morgan fingerprint density at radius 1 is 1.33 bits per heavy atom. The third-order valence-electron chi connectivity index (χ3n) is 1.96. The second kappa shape index (κ2) is 6.77. The van der Waals surface area contributed by atoms with Crippen molar-refractivity contribution in [3.63, 3.8) is 0 Å². The smallest absolute Gasteiger partial charge is 0.0995 e. The van der Waals surface area contributed by atoms with E-state index in [1.54, 1.807) is 7.11 Å². The van der Waals surface area contributed by atoms with Crippen LogP contribution in [-0.2, 0) is 11.3 Å². The zero-order chi connectivity index (χ0) is 11.1. The number of benzene rings is 1. The van der Waals surface area contributed by atoms with Gasteiger partial charge in [-0.25, -0.2) is 0 Å². The quantitative estimate of drug-likeness (QED) is 0.544. The minimum atomic E-state index is 0.175. The van der Waals surface area contributed by atoms with Crippen molar-refractivity contribution < 1.29 is 4.74 Å². The molecule has 15 heavy (non-hydrogen) atoms. The zero-order valence-electron chi connectivity index (χ0n) is 9.48. The van der Waals surface area contributed by atoms with E-state index >= 15 is 0 Å². The van der Waals surface area contributed by atoms with Gasteiger partial charge in [0, 0.05) is 19.5 Å². The molecule has 0 aliphatic rings. The maximum atomic E-state index is 5.18. The average molecular weight is 225 g/mol. The van der Waals surface area contributed by atoms with Gasteiger partial charge in [0.05, 0.1) is 6.73 Å². The minimum Gasteiger partial charge on any atom is -0.369 e. The predicted octanol–water partition coefficient (Wildman–Crippen LogP) is 2.38. The van der Waals surface area contributed by atoms with Gasteiger partial charge < -0.3 is 4.74 Å². The van der Waals surface area contributed by atoms with Gasteiger partial charge in [-0.1, -0.05) is 36.2 Å². The second-order valence-corrected chi connectivity index (χ2v) is 5.46. The van der Waals surface area contributed by atoms with Crippen LogP contribution in [0.25, 0.3) is 0 Å². The third-order valence-corrected chi connectivity index (χ3v) is 2.77. The topological polar surface area (TPSA) is 12.5 Å². The number of hydrogen-bond donors (Lipinski definition) is 0. The maximum Gasteiger partial charge on any atom is 0.0995 e. The van der Waals surface area contributed by atoms with Crippen molar-refractivity contribution in [1.82, 2.24) is 4.90 Å². The summed E-state index contributed by atoms with van der Waals surface area (Å²) in [4.78, 5) is 2.27. The van der Waals surface area contributed by atoms with E-state index in [9.17, 15) is 0 Å². The molecule has 0 aromatic heterocycles. The summed E-state index contributed by atoms with van der Waals surface area (Å²) in [6, 6.07) is 10.4. The van der Waals surface area contributed by atoms with Crippen LogP contribution in [0.3, 0.4) is 0 Å². The standard InChI is InChI=1S/C12H19NOS/c1-14-10-13(11-15(2)3)9-12-7-5-4-6-8-12/h4-8H,2,9-11H2,1,3H3. The summed E-state index contributed by atoms with van der Waals surface area (Å²) in [7, 11) is 1.91. The first kappa shape index (κ1) is 12.4. The summed E-state index contributed by atoms with van der Waals surface area (Å²) in [6.45, 7) is 1.60. The molecule has 1 atom stereocenters. The van der Waals surface area contributed by atoms with Crippen LogP contribution in [0.5, 0.6) is 0 Å². The maximum absolute atomic E-state index is 5.18. The molecule has 2 nitrogen and oxygen atoms in total. The number of hydrogen-bond acceptors (Lipinski definition) is 2. The molecule has 1 rings (SSSR count). The van der Waals surface area contributed by atoms with Crippen molar-refractivity contribution >= 4 is 16.4 Å². The van der Waals surface area contributed by atoms with E-state index in [4.69, 9.17) is 4.74 Å². The lowest BCUT2D eigenvalue weighted by Gasteiger charge is -2.21. The molecule has 0 spiro atoms. The highest BCUT2D eigenvalue weighted by molar-refractivity contribution is 8.13. The summed E-state index contributed by atoms with van der Waals surface area (Å²) in [6.07, 6.45) is 2.15. The van der Waals surface area contributed by atoms with Gasteiger partial charge in [0.2, 0.25) is 0 Å². The Balaban J connectivity index is 2.54. The molecule has 0 N–H and O–H groups in total. The highest BCUT2D eigenvalue weighted by atomic mass is 32.2. The summed E-state index contributed by atoms with van der Waals surface area (Å²) in [5.41, 5.74) is 1.32. The Bertz CT molecular complexity index is 300. The molecular weight excluding hydrogens is 206 g/mol. The molecule has 0 aliphatic carbocycles. The van der Waals surface area contributed by atoms with Gasteiger partial charge in [-0.2, -0.15) is 10.5 Å². The predicted molar refractivity (Wildman–Crippen MR) is 69.4 cm³/mol. The fourth-order valence-corrected chi connectivity index (χ4v) is 2.25. The van der Waals surface area contributed by atoms with Crippen LogP contribution in [0.2, 0.25) is 0 Å². The monoisotopic (exact) mass is 225 g/mol. The van der Waals surface area contributed by atoms with Crippen molar-refractivity contribution in [2.24, 2.45) is 0 Å². The van der Waals surface area contributed by atoms with Crippen LogP contribution < -0.4 is 0 Å². The van der Waals surface area contributed by atoms with Gasteiger partial charge in [0.25, 0.3) is 0 Å². The Labute approximate surface area is 94.8 Å². The molecule has 84 valence electrons. The van der Waals surface area contributed by atoms with Gasteiger partial charge in [-0.15, -0.1) is 0 Å². The first-order valence-corrected chi connectivity index (χ1v) is 6.87. The van der Waals surface area contributed by atoms with Crippen LogP contribution in [0.4, 0.5) is 0 Å². The largest absolute Gasteiger partial charge is 0.369 e. The summed E-state index contributed by atoms with van der Waals surface area (Å²) < 4.78 is 5.18. The molecule has 0 fully saturated rings. The molecule has 0 aliphatic heterocycles. The Hall–Kier alpha value is -0.640. The van der Waals surface area contributed by atoms with Crippen LogP contribution in [0, 0.1) is 0 Å². The Morgan fingerprint density at radius 3 is 2.53 bits per heavy atom. The van der Waals surface area contributed by atoms with Crippen molar-refractivity contribution in [3.05, 3.63) is 35.9 Å². The lowest BCUT2D eigenvalue weighted by Crippen LogP contribution is -2.25. The normalized spacial score (nSPS) is 13.0. The van der Waals surface area contributed by atoms with Gasteiger partial charge in [-0.3, -0.25) is 4.90 Å². The lowest BCUT2D eigenvalue weighted by molar-refractivity contribution is 0.0725. The fraction of sp³-hybridized carbons (Fsp3) is 0.417. The Kier molecular flexibility index (Phi) is 5.61. The molecule has 1 unspecified atom stereocenters. The van der Waals surface area contributed by atoms with E-state index in [-0.39, 0.29) is 10.5 Å². The van der Waals surface area contributed by atoms with Crippen LogP contribution in [0.15, 0.2) is 30.3 Å². The number of nitrogens with zero attached hydrogens (tertiary/aromatic N) is 1. The van der Waals surface area contributed by atoms with Gasteiger partial charge in [-0.05, 0) is 11.8 Å². The summed E-state index contributed by atoms with van der Waals surface area (Å²) >= 11 is 0. The van der Waals surface area contributed by atoms with E-state index < -0.39 is 0 Å². The van der Waals surface area contributed by atoms with Crippen molar-refractivity contribution in [2.75, 3.05) is 26.0 Å². The molecule has 0 bridgehead atoms. The average Bonchev–Trinajstić information content (AvgIpc) is 2.18. The van der Waals surface area contributed by atoms with Gasteiger partial charge in [0.1, 0.15) is 0 Å². The fourth-order valence-electron chi connectivity index (χ4n) is 1.46. The SMILES string of the molecule is C=S(C)CN(COC)Cc1ccccc1. The number of rotatable bonds is 6. The van der Waals surface area contributed by atoms with E-state index in [1.807, 2.05) is 6.07 Å². The van der Waals surface area contributed by atoms with Crippen LogP contribution in [0.1, 0.15) is 5.56 Å². The van der Waals surface area contributed by atoms with Gasteiger partial charge >= 0.3 is 0 Å². The molecule has 3 heteroatoms. The van der Waals surface area contributed by atoms with Crippen molar-refractivity contribution in [1.29, 1.82) is 0 Å². The molecule has 0 radical (unpaired) electrons. The lowest BCUT2D eigenvalue weighted by atomic mass is 10.2. The molecule has 1 aromatic carbocycles. The van der Waals surface area contributed by atoms with Gasteiger partial charge in [0.15, 0.2) is 0 Å². The van der Waals surface area contributed by atoms with E-state index in [0.717, 1.165) is 12.4 Å². The second-order valence-electron chi connectivity index (χ2n) is 3.64. The molecular formula is C12H19NOS. The highest BCUT2D eigenvalue weighted by Crippen LogP contribution is 2.10. The van der Waals surface area contributed by atoms with Crippen molar-refractivity contribution in [2.45, 2.75) is 6.54 Å². The highest BCUT2D eigenvalue weighted by Gasteiger charge is 2.04. The molecule has 0 saturated carbocycles. The van der Waals surface area contributed by atoms with Crippen LogP contribution in [-0.4, -0.2) is 36.7 Å². The van der Waals surface area contributed by atoms with Crippen LogP contribution >= 0.6 is 10.5 Å². The minimum absolute atomic E-state index is 0.175. The first-order chi connectivity index (χ1) is 7.22. The molecule has 0 saturated heterocycles. The third kappa shape index (κ3) is 5.11. The molecule has 1 aromatic rings. The summed E-state index contributed by atoms with van der Waals surface area (Å²) in [5, 5.41) is 0. The van der Waals surface area contributed by atoms with E-state index in [0.29, 0.717) is 6.73 Å². The van der Waals surface area contributed by atoms with E-state index in [1.165, 1.54) is 5.56 Å². The molecule has 0 amide bonds. The number of methoxy groups -OCH3 is 1. The first-order valence-electron chi connectivity index (χ1n) is 4.90. The summed E-state index contributed by atoms with van der Waals surface area (Å²) in [5.74, 6) is 5.02.